The van der Waals surface area contributed by atoms with Crippen molar-refractivity contribution in [1.82, 2.24) is 5.32 Å². The zero-order chi connectivity index (χ0) is 17.8. The van der Waals surface area contributed by atoms with Gasteiger partial charge in [0.25, 0.3) is 5.91 Å². The third-order valence-electron chi connectivity index (χ3n) is 4.37. The van der Waals surface area contributed by atoms with Crippen LogP contribution in [0.2, 0.25) is 10.0 Å². The zero-order valence-corrected chi connectivity index (χ0v) is 15.2. The summed E-state index contributed by atoms with van der Waals surface area (Å²) in [4.78, 5) is 12.8. The maximum Gasteiger partial charge on any atom is 0.256 e. The molecule has 0 aliphatic heterocycles. The highest BCUT2D eigenvalue weighted by Gasteiger charge is 2.24. The van der Waals surface area contributed by atoms with E-state index < -0.39 is 0 Å². The first-order valence-electron chi connectivity index (χ1n) is 8.32. The second-order valence-corrected chi connectivity index (χ2v) is 7.05. The lowest BCUT2D eigenvalue weighted by Crippen LogP contribution is -2.40. The molecule has 0 unspecified atom stereocenters. The highest BCUT2D eigenvalue weighted by molar-refractivity contribution is 6.34. The number of benzene rings is 2. The van der Waals surface area contributed by atoms with Crippen molar-refractivity contribution in [3.05, 3.63) is 58.1 Å². The van der Waals surface area contributed by atoms with Crippen LogP contribution in [0, 0.1) is 0 Å². The summed E-state index contributed by atoms with van der Waals surface area (Å²) in [6, 6.07) is 12.6. The van der Waals surface area contributed by atoms with Gasteiger partial charge >= 0.3 is 0 Å². The van der Waals surface area contributed by atoms with Gasteiger partial charge in [0.15, 0.2) is 0 Å². The molecule has 132 valence electrons. The zero-order valence-electron chi connectivity index (χ0n) is 13.7. The van der Waals surface area contributed by atoms with E-state index in [0.29, 0.717) is 27.1 Å². The van der Waals surface area contributed by atoms with E-state index in [1.807, 2.05) is 12.1 Å². The van der Waals surface area contributed by atoms with Gasteiger partial charge in [-0.1, -0.05) is 41.4 Å². The summed E-state index contributed by atoms with van der Waals surface area (Å²) in [5, 5.41) is 3.86. The average Bonchev–Trinajstić information content (AvgIpc) is 2.59. The normalized spacial score (nSPS) is 20.1. The van der Waals surface area contributed by atoms with E-state index in [-0.39, 0.29) is 18.0 Å². The molecule has 0 aromatic heterocycles. The Kier molecular flexibility index (Phi) is 5.84. The van der Waals surface area contributed by atoms with Gasteiger partial charge < -0.3 is 15.8 Å². The second kappa shape index (κ2) is 8.09. The minimum Gasteiger partial charge on any atom is -0.455 e. The first kappa shape index (κ1) is 18.1. The summed E-state index contributed by atoms with van der Waals surface area (Å²) in [6.07, 6.45) is 3.57. The highest BCUT2D eigenvalue weighted by Crippen LogP contribution is 2.34. The Morgan fingerprint density at radius 2 is 1.60 bits per heavy atom. The number of carbonyl (C=O) groups is 1. The molecule has 1 aliphatic carbocycles. The number of hydrogen-bond donors (Lipinski definition) is 2. The van der Waals surface area contributed by atoms with Crippen molar-refractivity contribution in [2.45, 2.75) is 37.8 Å². The number of amides is 1. The average molecular weight is 379 g/mol. The van der Waals surface area contributed by atoms with E-state index in [4.69, 9.17) is 33.7 Å². The van der Waals surface area contributed by atoms with Gasteiger partial charge in [0.05, 0.1) is 10.0 Å². The van der Waals surface area contributed by atoms with Crippen LogP contribution < -0.4 is 15.8 Å². The number of nitrogens with two attached hydrogens (primary N) is 1. The number of carbonyl (C=O) groups excluding carboxylic acids is 1. The van der Waals surface area contributed by atoms with Crippen molar-refractivity contribution in [2.75, 3.05) is 0 Å². The van der Waals surface area contributed by atoms with Crippen molar-refractivity contribution < 1.29 is 9.53 Å². The van der Waals surface area contributed by atoms with Gasteiger partial charge in [-0.15, -0.1) is 0 Å². The molecule has 0 heterocycles. The number of para-hydroxylation sites is 1. The Morgan fingerprint density at radius 1 is 0.960 bits per heavy atom. The van der Waals surface area contributed by atoms with Gasteiger partial charge in [-0.25, -0.2) is 0 Å². The lowest BCUT2D eigenvalue weighted by atomic mass is 9.91. The monoisotopic (exact) mass is 378 g/mol. The summed E-state index contributed by atoms with van der Waals surface area (Å²) in [6.45, 7) is 0. The predicted molar refractivity (Wildman–Crippen MR) is 101 cm³/mol. The molecule has 0 spiro atoms. The van der Waals surface area contributed by atoms with E-state index >= 15 is 0 Å². The van der Waals surface area contributed by atoms with Gasteiger partial charge in [0.2, 0.25) is 0 Å². The molecule has 0 atom stereocenters. The van der Waals surface area contributed by atoms with Crippen molar-refractivity contribution in [3.63, 3.8) is 0 Å². The van der Waals surface area contributed by atoms with Gasteiger partial charge in [0, 0.05) is 12.1 Å². The van der Waals surface area contributed by atoms with E-state index in [1.165, 1.54) is 0 Å². The molecular weight excluding hydrogens is 359 g/mol. The number of ether oxygens (including phenoxy) is 1. The Balaban J connectivity index is 1.80. The van der Waals surface area contributed by atoms with E-state index in [2.05, 4.69) is 5.32 Å². The van der Waals surface area contributed by atoms with Crippen LogP contribution in [0.3, 0.4) is 0 Å². The second-order valence-electron chi connectivity index (χ2n) is 6.23. The molecule has 4 nitrogen and oxygen atoms in total. The van der Waals surface area contributed by atoms with Crippen LogP contribution in [0.25, 0.3) is 0 Å². The molecule has 1 amide bonds. The molecule has 0 radical (unpaired) electrons. The largest absolute Gasteiger partial charge is 0.455 e. The Labute approximate surface area is 157 Å². The highest BCUT2D eigenvalue weighted by atomic mass is 35.5. The predicted octanol–water partition coefficient (Wildman–Crippen LogP) is 4.79. The Hall–Kier alpha value is -1.75. The van der Waals surface area contributed by atoms with Crippen LogP contribution in [-0.4, -0.2) is 18.0 Å². The van der Waals surface area contributed by atoms with E-state index in [1.54, 1.807) is 30.3 Å². The molecule has 0 saturated heterocycles. The fraction of sp³-hybridized carbons (Fsp3) is 0.316. The van der Waals surface area contributed by atoms with Crippen molar-refractivity contribution in [3.8, 4) is 11.5 Å². The van der Waals surface area contributed by atoms with Crippen molar-refractivity contribution in [1.29, 1.82) is 0 Å². The van der Waals surface area contributed by atoms with Crippen molar-refractivity contribution >= 4 is 29.1 Å². The number of halogens is 2. The summed E-state index contributed by atoms with van der Waals surface area (Å²) < 4.78 is 5.85. The fourth-order valence-corrected chi connectivity index (χ4v) is 3.40. The molecule has 2 aromatic rings. The summed E-state index contributed by atoms with van der Waals surface area (Å²) >= 11 is 12.4. The molecular formula is C19H20Cl2N2O2. The van der Waals surface area contributed by atoms with Gasteiger partial charge in [-0.3, -0.25) is 4.79 Å². The molecule has 3 N–H and O–H groups in total. The molecule has 0 bridgehead atoms. The summed E-state index contributed by atoms with van der Waals surface area (Å²) in [5.74, 6) is 0.614. The summed E-state index contributed by atoms with van der Waals surface area (Å²) in [7, 11) is 0. The third-order valence-corrected chi connectivity index (χ3v) is 4.99. The molecule has 1 saturated carbocycles. The molecule has 1 aliphatic rings. The standard InChI is InChI=1S/C19H20Cl2N2O2/c20-14-4-1-2-6-16(14)25-17-7-3-5-15(21)18(17)19(24)23-13-10-8-12(22)9-11-13/h1-7,12-13H,8-11,22H2,(H,23,24). The van der Waals surface area contributed by atoms with Crippen LogP contribution in [-0.2, 0) is 0 Å². The van der Waals surface area contributed by atoms with Crippen LogP contribution >= 0.6 is 23.2 Å². The van der Waals surface area contributed by atoms with Crippen molar-refractivity contribution in [2.24, 2.45) is 5.73 Å². The first-order chi connectivity index (χ1) is 12.0. The number of rotatable bonds is 4. The van der Waals surface area contributed by atoms with Gasteiger partial charge in [0.1, 0.15) is 17.1 Å². The molecule has 3 rings (SSSR count). The van der Waals surface area contributed by atoms with Crippen LogP contribution in [0.1, 0.15) is 36.0 Å². The lowest BCUT2D eigenvalue weighted by molar-refractivity contribution is 0.0923. The Bertz CT molecular complexity index is 759. The maximum atomic E-state index is 12.8. The lowest BCUT2D eigenvalue weighted by Gasteiger charge is -2.27. The van der Waals surface area contributed by atoms with Gasteiger partial charge in [-0.05, 0) is 49.9 Å². The Morgan fingerprint density at radius 3 is 2.32 bits per heavy atom. The van der Waals surface area contributed by atoms with E-state index in [0.717, 1.165) is 25.7 Å². The smallest absolute Gasteiger partial charge is 0.256 e. The number of nitrogens with one attached hydrogen (secondary N) is 1. The van der Waals surface area contributed by atoms with Crippen LogP contribution in [0.4, 0.5) is 0 Å². The minimum atomic E-state index is -0.242. The van der Waals surface area contributed by atoms with Crippen LogP contribution in [0.15, 0.2) is 42.5 Å². The maximum absolute atomic E-state index is 12.8. The molecule has 6 heteroatoms. The minimum absolute atomic E-state index is 0.108. The molecule has 25 heavy (non-hydrogen) atoms. The quantitative estimate of drug-likeness (QED) is 0.803. The van der Waals surface area contributed by atoms with Gasteiger partial charge in [-0.2, -0.15) is 0 Å². The fourth-order valence-electron chi connectivity index (χ4n) is 2.98. The SMILES string of the molecule is NC1CCC(NC(=O)c2c(Cl)cccc2Oc2ccccc2Cl)CC1. The third kappa shape index (κ3) is 4.46. The van der Waals surface area contributed by atoms with Crippen LogP contribution in [0.5, 0.6) is 11.5 Å². The first-order valence-corrected chi connectivity index (χ1v) is 9.07. The topological polar surface area (TPSA) is 64.3 Å². The van der Waals surface area contributed by atoms with E-state index in [9.17, 15) is 4.79 Å². The molecule has 2 aromatic carbocycles. The molecule has 1 fully saturated rings. The number of hydrogen-bond acceptors (Lipinski definition) is 3. The summed E-state index contributed by atoms with van der Waals surface area (Å²) in [5.41, 5.74) is 6.24.